The van der Waals surface area contributed by atoms with Crippen LogP contribution in [0.25, 0.3) is 0 Å². The first kappa shape index (κ1) is 17.6. The van der Waals surface area contributed by atoms with Crippen molar-refractivity contribution >= 4 is 18.1 Å². The zero-order valence-corrected chi connectivity index (χ0v) is 15.2. The molecule has 140 valence electrons. The number of ketones is 1. The van der Waals surface area contributed by atoms with Gasteiger partial charge < -0.3 is 9.80 Å². The van der Waals surface area contributed by atoms with Crippen molar-refractivity contribution < 1.29 is 14.0 Å². The van der Waals surface area contributed by atoms with Crippen LogP contribution in [-0.4, -0.2) is 53.2 Å². The van der Waals surface area contributed by atoms with Crippen molar-refractivity contribution in [1.29, 1.82) is 0 Å². The van der Waals surface area contributed by atoms with Crippen LogP contribution in [0.4, 0.5) is 10.3 Å². The number of halogens is 1. The molecular formula is C20H21FN4O2. The van der Waals surface area contributed by atoms with Crippen molar-refractivity contribution in [1.82, 2.24) is 14.9 Å². The molecule has 1 aromatic carbocycles. The average molecular weight is 368 g/mol. The molecule has 6 nitrogen and oxygen atoms in total. The van der Waals surface area contributed by atoms with Gasteiger partial charge in [-0.3, -0.25) is 9.59 Å². The van der Waals surface area contributed by atoms with E-state index >= 15 is 0 Å². The first-order chi connectivity index (χ1) is 13.1. The third kappa shape index (κ3) is 3.29. The summed E-state index contributed by atoms with van der Waals surface area (Å²) in [5, 5.41) is 0. The van der Waals surface area contributed by atoms with Crippen LogP contribution in [0.2, 0.25) is 0 Å². The number of carbonyl (C=O) groups excluding carboxylic acids is 2. The van der Waals surface area contributed by atoms with Gasteiger partial charge in [0.2, 0.25) is 12.4 Å². The second-order valence-electron chi connectivity index (χ2n) is 7.11. The van der Waals surface area contributed by atoms with Gasteiger partial charge in [-0.1, -0.05) is 18.2 Å². The summed E-state index contributed by atoms with van der Waals surface area (Å²) in [5.74, 6) is 0.0631. The van der Waals surface area contributed by atoms with Crippen molar-refractivity contribution in [3.8, 4) is 0 Å². The largest absolute Gasteiger partial charge is 0.342 e. The number of nitrogens with zero attached hydrogens (tertiary/aromatic N) is 4. The lowest BCUT2D eigenvalue weighted by molar-refractivity contribution is -0.118. The summed E-state index contributed by atoms with van der Waals surface area (Å²) in [6.07, 6.45) is 1.65. The van der Waals surface area contributed by atoms with E-state index in [1.165, 1.54) is 6.07 Å². The lowest BCUT2D eigenvalue weighted by atomic mass is 9.81. The summed E-state index contributed by atoms with van der Waals surface area (Å²) in [4.78, 5) is 36.6. The number of aryl methyl sites for hydroxylation is 1. The van der Waals surface area contributed by atoms with E-state index in [2.05, 4.69) is 9.97 Å². The van der Waals surface area contributed by atoms with Gasteiger partial charge in [0.05, 0.1) is 17.0 Å². The van der Waals surface area contributed by atoms with E-state index in [9.17, 15) is 14.0 Å². The standard InChI is InChI=1S/C20H21FN4O2/c1-13-19-17(23-20(22-13)25-8-6-24(12-26)7-9-25)10-14(11-18(19)27)15-4-2-3-5-16(15)21/h2-5,12,14H,6-11H2,1H3. The maximum atomic E-state index is 14.2. The van der Waals surface area contributed by atoms with Crippen LogP contribution in [0.1, 0.15) is 39.6 Å². The zero-order chi connectivity index (χ0) is 19.0. The van der Waals surface area contributed by atoms with Gasteiger partial charge in [0.1, 0.15) is 5.82 Å². The van der Waals surface area contributed by atoms with Crippen molar-refractivity contribution in [2.75, 3.05) is 31.1 Å². The fourth-order valence-corrected chi connectivity index (χ4v) is 3.95. The molecule has 1 aromatic heterocycles. The first-order valence-electron chi connectivity index (χ1n) is 9.16. The van der Waals surface area contributed by atoms with E-state index in [4.69, 9.17) is 0 Å². The highest BCUT2D eigenvalue weighted by molar-refractivity contribution is 5.99. The number of piperazine rings is 1. The van der Waals surface area contributed by atoms with Crippen LogP contribution < -0.4 is 4.90 Å². The number of hydrogen-bond acceptors (Lipinski definition) is 5. The summed E-state index contributed by atoms with van der Waals surface area (Å²) < 4.78 is 14.2. The summed E-state index contributed by atoms with van der Waals surface area (Å²) in [6.45, 7) is 4.38. The molecule has 1 saturated heterocycles. The van der Waals surface area contributed by atoms with Crippen LogP contribution in [0, 0.1) is 12.7 Å². The second-order valence-corrected chi connectivity index (χ2v) is 7.11. The van der Waals surface area contributed by atoms with Crippen molar-refractivity contribution in [3.05, 3.63) is 52.6 Å². The topological polar surface area (TPSA) is 66.4 Å². The molecule has 2 heterocycles. The molecule has 1 aliphatic heterocycles. The second kappa shape index (κ2) is 7.06. The van der Waals surface area contributed by atoms with Crippen molar-refractivity contribution in [2.24, 2.45) is 0 Å². The Morgan fingerprint density at radius 3 is 2.56 bits per heavy atom. The predicted octanol–water partition coefficient (Wildman–Crippen LogP) is 2.12. The smallest absolute Gasteiger partial charge is 0.225 e. The molecule has 0 spiro atoms. The Balaban J connectivity index is 1.65. The number of carbonyl (C=O) groups is 2. The molecule has 1 amide bonds. The SMILES string of the molecule is Cc1nc(N2CCN(C=O)CC2)nc2c1C(=O)CC(c1ccccc1F)C2. The lowest BCUT2D eigenvalue weighted by Crippen LogP contribution is -2.46. The molecule has 27 heavy (non-hydrogen) atoms. The van der Waals surface area contributed by atoms with Crippen LogP contribution in [0.5, 0.6) is 0 Å². The molecule has 2 aromatic rings. The molecule has 4 rings (SSSR count). The minimum atomic E-state index is -0.283. The summed E-state index contributed by atoms with van der Waals surface area (Å²) in [7, 11) is 0. The Bertz CT molecular complexity index is 894. The van der Waals surface area contributed by atoms with Gasteiger partial charge in [-0.15, -0.1) is 0 Å². The van der Waals surface area contributed by atoms with Gasteiger partial charge in [-0.2, -0.15) is 0 Å². The van der Waals surface area contributed by atoms with Gasteiger partial charge in [-0.05, 0) is 30.9 Å². The number of Topliss-reactive ketones (excluding diaryl/α,β-unsaturated/α-hetero) is 1. The van der Waals surface area contributed by atoms with Gasteiger partial charge in [0.15, 0.2) is 5.78 Å². The van der Waals surface area contributed by atoms with Gasteiger partial charge >= 0.3 is 0 Å². The highest BCUT2D eigenvalue weighted by Gasteiger charge is 2.32. The first-order valence-corrected chi connectivity index (χ1v) is 9.16. The number of rotatable bonds is 3. The minimum absolute atomic E-state index is 0.0284. The van der Waals surface area contributed by atoms with Gasteiger partial charge in [0.25, 0.3) is 0 Å². The Kier molecular flexibility index (Phi) is 4.59. The summed E-state index contributed by atoms with van der Waals surface area (Å²) >= 11 is 0. The fourth-order valence-electron chi connectivity index (χ4n) is 3.95. The maximum Gasteiger partial charge on any atom is 0.225 e. The monoisotopic (exact) mass is 368 g/mol. The molecule has 1 aliphatic carbocycles. The molecule has 7 heteroatoms. The Labute approximate surface area is 157 Å². The lowest BCUT2D eigenvalue weighted by Gasteiger charge is -2.33. The van der Waals surface area contributed by atoms with Gasteiger partial charge in [0, 0.05) is 32.6 Å². The highest BCUT2D eigenvalue weighted by Crippen LogP contribution is 2.34. The van der Waals surface area contributed by atoms with E-state index in [0.29, 0.717) is 61.1 Å². The molecule has 1 fully saturated rings. The van der Waals surface area contributed by atoms with E-state index in [0.717, 1.165) is 6.41 Å². The van der Waals surface area contributed by atoms with E-state index in [1.54, 1.807) is 23.1 Å². The van der Waals surface area contributed by atoms with Crippen LogP contribution in [0.15, 0.2) is 24.3 Å². The average Bonchev–Trinajstić information content (AvgIpc) is 2.67. The molecule has 1 unspecified atom stereocenters. The minimum Gasteiger partial charge on any atom is -0.342 e. The fraction of sp³-hybridized carbons (Fsp3) is 0.400. The maximum absolute atomic E-state index is 14.2. The summed E-state index contributed by atoms with van der Waals surface area (Å²) in [6, 6.07) is 6.62. The number of aromatic nitrogens is 2. The molecule has 1 atom stereocenters. The molecule has 0 bridgehead atoms. The van der Waals surface area contributed by atoms with E-state index in [1.807, 2.05) is 11.8 Å². The predicted molar refractivity (Wildman–Crippen MR) is 98.4 cm³/mol. The third-order valence-electron chi connectivity index (χ3n) is 5.39. The molecule has 2 aliphatic rings. The number of fused-ring (bicyclic) bond motifs is 1. The molecule has 0 radical (unpaired) electrons. The Morgan fingerprint density at radius 1 is 1.11 bits per heavy atom. The third-order valence-corrected chi connectivity index (χ3v) is 5.39. The number of anilines is 1. The molecular weight excluding hydrogens is 347 g/mol. The zero-order valence-electron chi connectivity index (χ0n) is 15.2. The van der Waals surface area contributed by atoms with Crippen LogP contribution in [-0.2, 0) is 11.2 Å². The number of benzene rings is 1. The molecule has 0 N–H and O–H groups in total. The Morgan fingerprint density at radius 2 is 1.85 bits per heavy atom. The van der Waals surface area contributed by atoms with Crippen molar-refractivity contribution in [2.45, 2.75) is 25.7 Å². The van der Waals surface area contributed by atoms with E-state index < -0.39 is 0 Å². The number of amides is 1. The summed E-state index contributed by atoms with van der Waals surface area (Å²) in [5.41, 5.74) is 2.51. The van der Waals surface area contributed by atoms with Crippen LogP contribution >= 0.6 is 0 Å². The normalized spacial score (nSPS) is 19.8. The number of hydrogen-bond donors (Lipinski definition) is 0. The Hall–Kier alpha value is -2.83. The quantitative estimate of drug-likeness (QED) is 0.777. The van der Waals surface area contributed by atoms with Gasteiger partial charge in [-0.25, -0.2) is 14.4 Å². The highest BCUT2D eigenvalue weighted by atomic mass is 19.1. The van der Waals surface area contributed by atoms with Crippen LogP contribution in [0.3, 0.4) is 0 Å². The molecule has 0 saturated carbocycles. The van der Waals surface area contributed by atoms with Crippen molar-refractivity contribution in [3.63, 3.8) is 0 Å². The van der Waals surface area contributed by atoms with E-state index in [-0.39, 0.29) is 23.9 Å².